The van der Waals surface area contributed by atoms with Crippen LogP contribution in [0.3, 0.4) is 0 Å². The predicted octanol–water partition coefficient (Wildman–Crippen LogP) is 5.69. The van der Waals surface area contributed by atoms with Crippen molar-refractivity contribution in [1.29, 1.82) is 0 Å². The van der Waals surface area contributed by atoms with E-state index in [1.165, 1.54) is 0 Å². The van der Waals surface area contributed by atoms with E-state index in [1.807, 2.05) is 4.35 Å². The molecule has 0 saturated heterocycles. The van der Waals surface area contributed by atoms with Gasteiger partial charge in [-0.15, -0.1) is 0 Å². The van der Waals surface area contributed by atoms with E-state index in [0.717, 1.165) is 23.7 Å². The van der Waals surface area contributed by atoms with E-state index in [2.05, 4.69) is 69.6 Å². The van der Waals surface area contributed by atoms with Crippen LogP contribution in [0.2, 0.25) is 37.8 Å². The van der Waals surface area contributed by atoms with Crippen LogP contribution in [-0.4, -0.2) is 38.0 Å². The molecule has 0 aromatic rings. The van der Waals surface area contributed by atoms with Gasteiger partial charge in [0, 0.05) is 17.6 Å². The molecule has 0 heterocycles. The Labute approximate surface area is 152 Å². The van der Waals surface area contributed by atoms with Gasteiger partial charge in [0.05, 0.1) is 0 Å². The van der Waals surface area contributed by atoms with Gasteiger partial charge < -0.3 is 0 Å². The molecule has 0 amide bonds. The van der Waals surface area contributed by atoms with Gasteiger partial charge in [-0.05, 0) is 5.04 Å². The topological polar surface area (TPSA) is 0 Å². The Morgan fingerprint density at radius 1 is 0.773 bits per heavy atom. The van der Waals surface area contributed by atoms with Gasteiger partial charge in [0.1, 0.15) is 0 Å². The van der Waals surface area contributed by atoms with Crippen molar-refractivity contribution in [3.63, 3.8) is 0 Å². The minimum absolute atomic E-state index is 0.0502. The molecule has 0 unspecified atom stereocenters. The molecular weight excluding hydrogens is 357 g/mol. The molecule has 0 N–H and O–H groups in total. The molecule has 4 saturated carbocycles. The van der Waals surface area contributed by atoms with Crippen molar-refractivity contribution in [2.75, 3.05) is 0 Å². The quantitative estimate of drug-likeness (QED) is 0.462. The summed E-state index contributed by atoms with van der Waals surface area (Å²) in [5.74, 6) is 4.40. The molecule has 4 aliphatic rings. The van der Waals surface area contributed by atoms with E-state index >= 15 is 0 Å². The van der Waals surface area contributed by atoms with Crippen molar-refractivity contribution in [3.8, 4) is 0 Å². The van der Waals surface area contributed by atoms with Crippen LogP contribution in [-0.2, 0) is 0 Å². The number of rotatable bonds is 0. The molecule has 4 aliphatic carbocycles. The van der Waals surface area contributed by atoms with Gasteiger partial charge >= 0.3 is 76.2 Å². The van der Waals surface area contributed by atoms with E-state index in [-0.39, 0.29) is 17.6 Å². The Morgan fingerprint density at radius 2 is 1.05 bits per heavy atom. The second-order valence-corrected chi connectivity index (χ2v) is 17.2. The van der Waals surface area contributed by atoms with Gasteiger partial charge in [-0.25, -0.2) is 0 Å². The van der Waals surface area contributed by atoms with Crippen LogP contribution in [0.1, 0.15) is 52.9 Å². The van der Waals surface area contributed by atoms with E-state index in [9.17, 15) is 0 Å². The summed E-state index contributed by atoms with van der Waals surface area (Å²) in [7, 11) is 0.0702. The van der Waals surface area contributed by atoms with Crippen molar-refractivity contribution in [1.82, 2.24) is 0 Å². The van der Waals surface area contributed by atoms with Crippen molar-refractivity contribution in [2.45, 2.75) is 90.6 Å². The summed E-state index contributed by atoms with van der Waals surface area (Å²) in [5, 5.41) is 0.602. The Morgan fingerprint density at radius 3 is 1.27 bits per heavy atom. The summed E-state index contributed by atoms with van der Waals surface area (Å²) in [6.07, 6.45) is 7.80. The summed E-state index contributed by atoms with van der Waals surface area (Å²) in [6, 6.07) is 0. The first-order chi connectivity index (χ1) is 10.0. The van der Waals surface area contributed by atoms with Crippen LogP contribution in [0.4, 0.5) is 0 Å². The Balaban J connectivity index is 0.000000192. The summed E-state index contributed by atoms with van der Waals surface area (Å²) in [4.78, 5) is 0. The summed E-state index contributed by atoms with van der Waals surface area (Å²) >= 11 is 2.42. The molecule has 4 rings (SSSR count). The maximum atomic E-state index is 2.42. The molecule has 0 atom stereocenters. The predicted molar refractivity (Wildman–Crippen MR) is 108 cm³/mol. The van der Waals surface area contributed by atoms with Gasteiger partial charge in [0.25, 0.3) is 0 Å². The molecule has 126 valence electrons. The van der Waals surface area contributed by atoms with E-state index < -0.39 is 0 Å². The second-order valence-electron chi connectivity index (χ2n) is 9.51. The molecule has 0 aliphatic heterocycles. The maximum absolute atomic E-state index is 2.42. The van der Waals surface area contributed by atoms with E-state index in [1.54, 1.807) is 32.1 Å². The molecule has 0 spiro atoms. The zero-order chi connectivity index (χ0) is 17.1. The van der Waals surface area contributed by atoms with Gasteiger partial charge in [-0.1, -0.05) is 53.5 Å². The molecule has 3 heteroatoms. The normalized spacial score (nSPS) is 32.5. The zero-order valence-corrected chi connectivity index (χ0v) is 20.4. The van der Waals surface area contributed by atoms with Crippen LogP contribution >= 0.6 is 0 Å². The van der Waals surface area contributed by atoms with Crippen LogP contribution in [0.5, 0.6) is 0 Å². The second kappa shape index (κ2) is 8.80. The fourth-order valence-electron chi connectivity index (χ4n) is 3.69. The SMILES string of the molecule is C[Si](C)C.C[Si](C)C(C)(C)C.[Ge]=[C]1C2CC3CC(C2)CC1C3. The van der Waals surface area contributed by atoms with Crippen molar-refractivity contribution in [2.24, 2.45) is 23.7 Å². The number of hydrogen-bond donors (Lipinski definition) is 0. The third kappa shape index (κ3) is 6.76. The fraction of sp³-hybridized carbons (Fsp3) is 0.947. The minimum atomic E-state index is -0.0502. The first-order valence-corrected chi connectivity index (χ1v) is 15.7. The molecule has 0 nitrogen and oxygen atoms in total. The standard InChI is InChI=1S/C10H14Ge.C6H15Si.C3H9Si/c11-10-8-2-6-1-7(4-8)5-9(10)3-6;1-6(2,3)7(4)5;1-4(2)3/h6-9H,1-5H2;1-5H3;1-3H3. The Kier molecular flexibility index (Phi) is 8.36. The Bertz CT molecular complexity index is 322. The van der Waals surface area contributed by atoms with Crippen molar-refractivity contribution >= 4 is 38.0 Å². The number of hydrogen-bond acceptors (Lipinski definition) is 0. The van der Waals surface area contributed by atoms with E-state index in [4.69, 9.17) is 0 Å². The average molecular weight is 395 g/mol. The fourth-order valence-corrected chi connectivity index (χ4v) is 4.68. The third-order valence-electron chi connectivity index (χ3n) is 5.52. The van der Waals surface area contributed by atoms with Crippen LogP contribution in [0, 0.1) is 23.7 Å². The molecular formula is C19H38GeSi2. The van der Waals surface area contributed by atoms with Gasteiger partial charge in [-0.2, -0.15) is 0 Å². The summed E-state index contributed by atoms with van der Waals surface area (Å²) in [5.41, 5.74) is 0. The zero-order valence-electron chi connectivity index (χ0n) is 16.3. The van der Waals surface area contributed by atoms with Gasteiger partial charge in [0.2, 0.25) is 0 Å². The van der Waals surface area contributed by atoms with Crippen LogP contribution < -0.4 is 0 Å². The molecule has 4 fully saturated rings. The molecule has 22 heavy (non-hydrogen) atoms. The van der Waals surface area contributed by atoms with Crippen LogP contribution in [0.25, 0.3) is 0 Å². The monoisotopic (exact) mass is 396 g/mol. The van der Waals surface area contributed by atoms with Crippen molar-refractivity contribution < 1.29 is 0 Å². The average Bonchev–Trinajstić information content (AvgIpc) is 2.33. The van der Waals surface area contributed by atoms with Crippen molar-refractivity contribution in [3.05, 3.63) is 0 Å². The first kappa shape index (κ1) is 20.9. The molecule has 0 aromatic carbocycles. The van der Waals surface area contributed by atoms with Crippen LogP contribution in [0.15, 0.2) is 0 Å². The molecule has 4 bridgehead atoms. The van der Waals surface area contributed by atoms with Gasteiger partial charge in [-0.3, -0.25) is 0 Å². The Hall–Kier alpha value is 0.847. The first-order valence-electron chi connectivity index (χ1n) is 9.16. The third-order valence-corrected chi connectivity index (χ3v) is 10.2. The molecule has 0 aromatic heterocycles. The summed E-state index contributed by atoms with van der Waals surface area (Å²) < 4.78 is 1.87. The molecule has 4 radical (unpaired) electrons. The van der Waals surface area contributed by atoms with Gasteiger partial charge in [0.15, 0.2) is 0 Å². The summed E-state index contributed by atoms with van der Waals surface area (Å²) in [6.45, 7) is 18.4. The van der Waals surface area contributed by atoms with E-state index in [0.29, 0.717) is 5.04 Å².